The van der Waals surface area contributed by atoms with Gasteiger partial charge in [-0.1, -0.05) is 24.3 Å². The number of carbonyl (C=O) groups excluding carboxylic acids is 1. The Morgan fingerprint density at radius 3 is 2.36 bits per heavy atom. The quantitative estimate of drug-likeness (QED) is 0.402. The summed E-state index contributed by atoms with van der Waals surface area (Å²) in [6.07, 6.45) is 4.45. The SMILES string of the molecule is CC(C)(C)OC(=O)C(C)(C)Oc1ccc(CCC(N)CCCc2nc3ccccc3o2)cc1. The van der Waals surface area contributed by atoms with Crippen LogP contribution in [0.2, 0.25) is 0 Å². The summed E-state index contributed by atoms with van der Waals surface area (Å²) in [6, 6.07) is 15.8. The highest BCUT2D eigenvalue weighted by Gasteiger charge is 2.34. The lowest BCUT2D eigenvalue weighted by Gasteiger charge is -2.29. The van der Waals surface area contributed by atoms with E-state index < -0.39 is 11.2 Å². The molecule has 0 aliphatic rings. The second-order valence-corrected chi connectivity index (χ2v) is 10.0. The van der Waals surface area contributed by atoms with Crippen molar-refractivity contribution in [3.05, 3.63) is 60.0 Å². The first kappa shape index (κ1) is 24.8. The van der Waals surface area contributed by atoms with Crippen LogP contribution in [0.1, 0.15) is 65.3 Å². The van der Waals surface area contributed by atoms with Crippen LogP contribution in [0.15, 0.2) is 52.9 Å². The molecule has 1 unspecified atom stereocenters. The van der Waals surface area contributed by atoms with Gasteiger partial charge in [-0.25, -0.2) is 9.78 Å². The van der Waals surface area contributed by atoms with E-state index in [0.29, 0.717) is 5.75 Å². The fourth-order valence-corrected chi connectivity index (χ4v) is 3.50. The topological polar surface area (TPSA) is 87.6 Å². The number of aryl methyl sites for hydroxylation is 2. The molecule has 1 aromatic heterocycles. The van der Waals surface area contributed by atoms with E-state index in [1.165, 1.54) is 5.56 Å². The summed E-state index contributed by atoms with van der Waals surface area (Å²) >= 11 is 0. The van der Waals surface area contributed by atoms with Gasteiger partial charge in [0.15, 0.2) is 17.1 Å². The molecular formula is C27H36N2O4. The lowest BCUT2D eigenvalue weighted by Crippen LogP contribution is -2.43. The number of aromatic nitrogens is 1. The second-order valence-electron chi connectivity index (χ2n) is 10.0. The zero-order chi connectivity index (χ0) is 24.1. The standard InChI is InChI=1S/C27H36N2O4/c1-26(2,3)33-25(30)27(4,5)32-21-17-14-19(15-18-21)13-16-20(28)9-8-12-24-29-22-10-6-7-11-23(22)31-24/h6-7,10-11,14-15,17-18,20H,8-9,12-13,16,28H2,1-5H3. The molecule has 1 atom stereocenters. The molecule has 1 heterocycles. The maximum absolute atomic E-state index is 12.4. The number of nitrogens with two attached hydrogens (primary N) is 1. The molecule has 178 valence electrons. The van der Waals surface area contributed by atoms with E-state index in [4.69, 9.17) is 19.6 Å². The van der Waals surface area contributed by atoms with Gasteiger partial charge in [0.1, 0.15) is 16.9 Å². The Hall–Kier alpha value is -2.86. The van der Waals surface area contributed by atoms with Crippen molar-refractivity contribution in [3.63, 3.8) is 0 Å². The van der Waals surface area contributed by atoms with E-state index in [1.807, 2.05) is 69.3 Å². The zero-order valence-corrected chi connectivity index (χ0v) is 20.4. The number of rotatable bonds is 10. The Kier molecular flexibility index (Phi) is 7.80. The van der Waals surface area contributed by atoms with Crippen molar-refractivity contribution in [2.75, 3.05) is 0 Å². The van der Waals surface area contributed by atoms with E-state index in [-0.39, 0.29) is 12.0 Å². The van der Waals surface area contributed by atoms with Crippen LogP contribution in [-0.4, -0.2) is 28.2 Å². The third kappa shape index (κ3) is 7.60. The molecule has 0 saturated carbocycles. The maximum atomic E-state index is 12.4. The van der Waals surface area contributed by atoms with Gasteiger partial charge in [-0.05, 0) is 90.1 Å². The molecule has 0 aliphatic heterocycles. The molecule has 6 nitrogen and oxygen atoms in total. The molecule has 2 aromatic carbocycles. The lowest BCUT2D eigenvalue weighted by molar-refractivity contribution is -0.170. The smallest absolute Gasteiger partial charge is 0.350 e. The van der Waals surface area contributed by atoms with Gasteiger partial charge in [0.2, 0.25) is 0 Å². The van der Waals surface area contributed by atoms with Gasteiger partial charge in [-0.2, -0.15) is 0 Å². The average Bonchev–Trinajstić information content (AvgIpc) is 3.14. The van der Waals surface area contributed by atoms with E-state index in [2.05, 4.69) is 4.98 Å². The molecule has 6 heteroatoms. The van der Waals surface area contributed by atoms with Crippen molar-refractivity contribution >= 4 is 17.1 Å². The van der Waals surface area contributed by atoms with Crippen molar-refractivity contribution < 1.29 is 18.7 Å². The molecule has 0 saturated heterocycles. The first-order valence-electron chi connectivity index (χ1n) is 11.6. The van der Waals surface area contributed by atoms with Crippen molar-refractivity contribution in [2.24, 2.45) is 5.73 Å². The molecule has 3 rings (SSSR count). The van der Waals surface area contributed by atoms with Crippen molar-refractivity contribution in [3.8, 4) is 5.75 Å². The van der Waals surface area contributed by atoms with Gasteiger partial charge in [-0.3, -0.25) is 0 Å². The van der Waals surface area contributed by atoms with Gasteiger partial charge >= 0.3 is 5.97 Å². The molecule has 0 spiro atoms. The minimum absolute atomic E-state index is 0.122. The number of esters is 1. The number of para-hydroxylation sites is 2. The summed E-state index contributed by atoms with van der Waals surface area (Å²) in [5, 5.41) is 0. The van der Waals surface area contributed by atoms with Gasteiger partial charge in [-0.15, -0.1) is 0 Å². The van der Waals surface area contributed by atoms with E-state index >= 15 is 0 Å². The first-order chi connectivity index (χ1) is 15.5. The number of oxazole rings is 1. The van der Waals surface area contributed by atoms with Crippen LogP contribution >= 0.6 is 0 Å². The molecule has 0 aliphatic carbocycles. The number of fused-ring (bicyclic) bond motifs is 1. The normalized spacial score (nSPS) is 13.2. The highest BCUT2D eigenvalue weighted by Crippen LogP contribution is 2.23. The predicted molar refractivity (Wildman–Crippen MR) is 130 cm³/mol. The van der Waals surface area contributed by atoms with Crippen LogP contribution < -0.4 is 10.5 Å². The highest BCUT2D eigenvalue weighted by atomic mass is 16.6. The summed E-state index contributed by atoms with van der Waals surface area (Å²) < 4.78 is 17.1. The molecule has 0 fully saturated rings. The molecule has 2 N–H and O–H groups in total. The van der Waals surface area contributed by atoms with Crippen LogP contribution in [0.4, 0.5) is 0 Å². The van der Waals surface area contributed by atoms with Crippen molar-refractivity contribution in [1.29, 1.82) is 0 Å². The minimum atomic E-state index is -1.06. The third-order valence-corrected chi connectivity index (χ3v) is 5.29. The van der Waals surface area contributed by atoms with Crippen molar-refractivity contribution in [2.45, 2.75) is 84.0 Å². The maximum Gasteiger partial charge on any atom is 0.350 e. The fraction of sp³-hybridized carbons (Fsp3) is 0.481. The number of hydrogen-bond donors (Lipinski definition) is 1. The highest BCUT2D eigenvalue weighted by molar-refractivity contribution is 5.79. The summed E-state index contributed by atoms with van der Waals surface area (Å²) in [5.41, 5.74) is 7.63. The third-order valence-electron chi connectivity index (χ3n) is 5.29. The number of hydrogen-bond acceptors (Lipinski definition) is 6. The van der Waals surface area contributed by atoms with Gasteiger partial charge in [0.25, 0.3) is 0 Å². The number of benzene rings is 2. The summed E-state index contributed by atoms with van der Waals surface area (Å²) in [6.45, 7) is 8.96. The number of nitrogens with zero attached hydrogens (tertiary/aromatic N) is 1. The van der Waals surface area contributed by atoms with Gasteiger partial charge < -0.3 is 19.6 Å². The minimum Gasteiger partial charge on any atom is -0.476 e. The summed E-state index contributed by atoms with van der Waals surface area (Å²) in [7, 11) is 0. The van der Waals surface area contributed by atoms with Crippen LogP contribution in [-0.2, 0) is 22.4 Å². The van der Waals surface area contributed by atoms with Crippen LogP contribution in [0.3, 0.4) is 0 Å². The van der Waals surface area contributed by atoms with Gasteiger partial charge in [0.05, 0.1) is 0 Å². The van der Waals surface area contributed by atoms with Gasteiger partial charge in [0, 0.05) is 12.5 Å². The largest absolute Gasteiger partial charge is 0.476 e. The van der Waals surface area contributed by atoms with Crippen LogP contribution in [0, 0.1) is 0 Å². The Bertz CT molecular complexity index is 1010. The summed E-state index contributed by atoms with van der Waals surface area (Å²) in [5.74, 6) is 1.02. The second kappa shape index (κ2) is 10.4. The molecular weight excluding hydrogens is 416 g/mol. The molecule has 33 heavy (non-hydrogen) atoms. The van der Waals surface area contributed by atoms with Crippen molar-refractivity contribution in [1.82, 2.24) is 4.98 Å². The lowest BCUT2D eigenvalue weighted by atomic mass is 10.0. The Labute approximate surface area is 196 Å². The average molecular weight is 453 g/mol. The monoisotopic (exact) mass is 452 g/mol. The molecule has 0 bridgehead atoms. The van der Waals surface area contributed by atoms with E-state index in [9.17, 15) is 4.79 Å². The number of ether oxygens (including phenoxy) is 2. The van der Waals surface area contributed by atoms with E-state index in [0.717, 1.165) is 49.1 Å². The fourth-order valence-electron chi connectivity index (χ4n) is 3.50. The first-order valence-corrected chi connectivity index (χ1v) is 11.6. The molecule has 0 radical (unpaired) electrons. The van der Waals surface area contributed by atoms with E-state index in [1.54, 1.807) is 13.8 Å². The number of carbonyl (C=O) groups is 1. The summed E-state index contributed by atoms with van der Waals surface area (Å²) in [4.78, 5) is 16.9. The van der Waals surface area contributed by atoms with Crippen LogP contribution in [0.5, 0.6) is 5.75 Å². The molecule has 0 amide bonds. The zero-order valence-electron chi connectivity index (χ0n) is 20.4. The Balaban J connectivity index is 1.41. The Morgan fingerprint density at radius 2 is 1.70 bits per heavy atom. The predicted octanol–water partition coefficient (Wildman–Crippen LogP) is 5.61. The molecule has 3 aromatic rings. The Morgan fingerprint density at radius 1 is 1.00 bits per heavy atom. The van der Waals surface area contributed by atoms with Crippen LogP contribution in [0.25, 0.3) is 11.1 Å².